The summed E-state index contributed by atoms with van der Waals surface area (Å²) in [6.45, 7) is 0. The summed E-state index contributed by atoms with van der Waals surface area (Å²) in [4.78, 5) is 9.30. The molecule has 0 spiro atoms. The van der Waals surface area contributed by atoms with Gasteiger partial charge in [0.1, 0.15) is 163 Å². The molecule has 0 N–H and O–H groups in total. The molecule has 9 rings (SSSR count). The minimum absolute atomic E-state index is 0.00613. The van der Waals surface area contributed by atoms with E-state index in [0.717, 1.165) is 16.0 Å². The van der Waals surface area contributed by atoms with Crippen molar-refractivity contribution in [2.75, 3.05) is 0 Å². The van der Waals surface area contributed by atoms with Crippen LogP contribution in [0.5, 0.6) is 0 Å². The molecule has 0 aliphatic rings. The van der Waals surface area contributed by atoms with Crippen molar-refractivity contribution in [3.63, 3.8) is 0 Å². The van der Waals surface area contributed by atoms with E-state index in [-0.39, 0.29) is 137 Å². The summed E-state index contributed by atoms with van der Waals surface area (Å²) in [5.41, 5.74) is 3.36. The third-order valence-corrected chi connectivity index (χ3v) is 14.3. The molecule has 3 aromatic heterocycles. The van der Waals surface area contributed by atoms with E-state index in [2.05, 4.69) is 9.97 Å². The van der Waals surface area contributed by atoms with Crippen LogP contribution in [0.25, 0.3) is 85.1 Å². The molecule has 6 aromatic carbocycles. The van der Waals surface area contributed by atoms with Crippen LogP contribution in [0.1, 0.15) is 0 Å². The highest BCUT2D eigenvalue weighted by molar-refractivity contribution is 7.28. The van der Waals surface area contributed by atoms with Crippen LogP contribution in [0, 0.1) is 0 Å². The molecule has 246 valence electrons. The van der Waals surface area contributed by atoms with Gasteiger partial charge in [-0.05, 0) is 61.8 Å². The number of hydrogen-bond donors (Lipinski definition) is 0. The van der Waals surface area contributed by atoms with E-state index in [4.69, 9.17) is 157 Å². The molecule has 0 saturated carbocycles. The molecule has 0 saturated heterocycles. The van der Waals surface area contributed by atoms with Crippen LogP contribution in [0.15, 0.2) is 24.5 Å². The summed E-state index contributed by atoms with van der Waals surface area (Å²) in [5, 5.41) is 1.49. The number of thiophene rings is 2. The van der Waals surface area contributed by atoms with Gasteiger partial charge in [-0.3, -0.25) is 0 Å². The topological polar surface area (TPSA) is 25.8 Å². The lowest BCUT2D eigenvalue weighted by molar-refractivity contribution is 1.24. The Balaban J connectivity index is 1.32. The maximum atomic E-state index is 7.16. The second kappa shape index (κ2) is 15.9. The molecule has 0 atom stereocenters. The van der Waals surface area contributed by atoms with Crippen molar-refractivity contribution >= 4 is 329 Å². The number of rotatable bonds is 4. The van der Waals surface area contributed by atoms with Gasteiger partial charge in [-0.1, -0.05) is 71.6 Å². The Labute approximate surface area is 405 Å². The van der Waals surface area contributed by atoms with Crippen molar-refractivity contribution < 1.29 is 0 Å². The fourth-order valence-electron chi connectivity index (χ4n) is 8.44. The van der Waals surface area contributed by atoms with E-state index in [1.165, 1.54) is 17.7 Å². The Hall–Kier alpha value is -3.86. The average molecular weight is 793 g/mol. The highest BCUT2D eigenvalue weighted by Gasteiger charge is 2.27. The molecule has 24 heteroatoms. The molecular weight excluding hydrogens is 789 g/mol. The first-order valence-electron chi connectivity index (χ1n) is 18.8. The van der Waals surface area contributed by atoms with Crippen molar-refractivity contribution in [3.8, 4) is 44.6 Å². The minimum Gasteiger partial charge on any atom is -0.235 e. The third-order valence-electron chi connectivity index (χ3n) is 11.9. The van der Waals surface area contributed by atoms with Crippen molar-refractivity contribution in [1.29, 1.82) is 0 Å². The van der Waals surface area contributed by atoms with Gasteiger partial charge in [0.2, 0.25) is 0 Å². The first kappa shape index (κ1) is 45.3. The lowest BCUT2D eigenvalue weighted by Crippen LogP contribution is -2.55. The lowest BCUT2D eigenvalue weighted by atomic mass is 9.56. The Morgan fingerprint density at radius 2 is 0.719 bits per heavy atom. The van der Waals surface area contributed by atoms with E-state index in [9.17, 15) is 0 Å². The van der Waals surface area contributed by atoms with Gasteiger partial charge in [-0.2, -0.15) is 0 Å². The van der Waals surface area contributed by atoms with Crippen LogP contribution in [-0.4, -0.2) is 167 Å². The third kappa shape index (κ3) is 6.19. The predicted octanol–water partition coefficient (Wildman–Crippen LogP) is -12.2. The van der Waals surface area contributed by atoms with Crippen LogP contribution < -0.4 is 109 Å². The molecule has 0 fully saturated rings. The van der Waals surface area contributed by atoms with Gasteiger partial charge in [-0.25, -0.2) is 9.97 Å². The molecule has 0 amide bonds. The van der Waals surface area contributed by atoms with E-state index in [1.807, 2.05) is 18.2 Å². The number of hydrogen-bond acceptors (Lipinski definition) is 4. The highest BCUT2D eigenvalue weighted by atomic mass is 32.1. The smallest absolute Gasteiger partial charge is 0.116 e. The number of benzene rings is 6. The highest BCUT2D eigenvalue weighted by Crippen LogP contribution is 2.39. The molecule has 2 nitrogen and oxygen atoms in total. The van der Waals surface area contributed by atoms with Crippen molar-refractivity contribution in [1.82, 2.24) is 9.97 Å². The van der Waals surface area contributed by atoms with Gasteiger partial charge in [0, 0.05) is 19.5 Å². The summed E-state index contributed by atoms with van der Waals surface area (Å²) in [7, 11) is 132. The molecule has 9 aromatic rings. The Kier molecular flexibility index (Phi) is 11.3. The monoisotopic (exact) mass is 796 g/mol. The van der Waals surface area contributed by atoms with Crippen LogP contribution in [0.4, 0.5) is 0 Å². The first-order valence-corrected chi connectivity index (χ1v) is 20.4. The Morgan fingerprint density at radius 1 is 0.312 bits per heavy atom. The Morgan fingerprint density at radius 3 is 1.30 bits per heavy atom. The summed E-state index contributed by atoms with van der Waals surface area (Å²) in [6, 6.07) is 5.54. The second-order valence-corrected chi connectivity index (χ2v) is 17.3. The van der Waals surface area contributed by atoms with Crippen LogP contribution in [-0.2, 0) is 0 Å². The van der Waals surface area contributed by atoms with Crippen molar-refractivity contribution in [3.05, 3.63) is 24.5 Å². The maximum absolute atomic E-state index is 7.16. The average Bonchev–Trinajstić information content (AvgIpc) is 3.86. The summed E-state index contributed by atoms with van der Waals surface area (Å²) in [5.74, 6) is 0. The quantitative estimate of drug-likeness (QED) is 0.166. The first-order chi connectivity index (χ1) is 30.1. The van der Waals surface area contributed by atoms with Crippen LogP contribution in [0.3, 0.4) is 0 Å². The molecule has 0 unspecified atom stereocenters. The van der Waals surface area contributed by atoms with Gasteiger partial charge in [0.15, 0.2) is 0 Å². The van der Waals surface area contributed by atoms with Crippen LogP contribution >= 0.6 is 22.7 Å². The van der Waals surface area contributed by atoms with E-state index in [0.29, 0.717) is 52.6 Å². The summed E-state index contributed by atoms with van der Waals surface area (Å²) < 4.78 is 2.28. The van der Waals surface area contributed by atoms with Gasteiger partial charge in [0.05, 0.1) is 15.9 Å². The normalized spacial score (nSPS) is 11.8. The molecule has 3 heterocycles. The zero-order valence-electron chi connectivity index (χ0n) is 33.6. The molecule has 40 radical (unpaired) electrons. The largest absolute Gasteiger partial charge is 0.235 e. The SMILES string of the molecule is [B]c1c([B])c([B])c(-c2ccc3sc4c(-c5c([B])c([B])c([B])c(-c6c([B])c([B])c([B])c(-c7c([B])c([B])c([B])c8c7sc7c([B])c([B])c([B])c([B])c78)c6[B])c5[B])ncnc4c3c2)c([B])c1[B]. The lowest BCUT2D eigenvalue weighted by Gasteiger charge is -2.30. The molecule has 0 bridgehead atoms. The number of nitrogens with zero attached hydrogens (tertiary/aromatic N) is 2. The minimum atomic E-state index is -0.0952. The zero-order valence-corrected chi connectivity index (χ0v) is 35.2. The van der Waals surface area contributed by atoms with Gasteiger partial charge >= 0.3 is 0 Å². The fourth-order valence-corrected chi connectivity index (χ4v) is 10.9. The van der Waals surface area contributed by atoms with E-state index < -0.39 is 0 Å². The molecule has 0 aliphatic carbocycles. The van der Waals surface area contributed by atoms with Crippen molar-refractivity contribution in [2.45, 2.75) is 0 Å². The van der Waals surface area contributed by atoms with Gasteiger partial charge < -0.3 is 0 Å². The summed E-state index contributed by atoms with van der Waals surface area (Å²) >= 11 is 2.52. The fraction of sp³-hybridized carbons (Fsp3) is 0. The van der Waals surface area contributed by atoms with Gasteiger partial charge in [-0.15, -0.1) is 66.4 Å². The zero-order chi connectivity index (χ0) is 46.4. The number of fused-ring (bicyclic) bond motifs is 6. The maximum Gasteiger partial charge on any atom is 0.116 e. The van der Waals surface area contributed by atoms with Crippen molar-refractivity contribution in [2.24, 2.45) is 0 Å². The molecule has 64 heavy (non-hydrogen) atoms. The predicted molar refractivity (Wildman–Crippen MR) is 297 cm³/mol. The van der Waals surface area contributed by atoms with Gasteiger partial charge in [0.25, 0.3) is 0 Å². The van der Waals surface area contributed by atoms with Crippen LogP contribution in [0.2, 0.25) is 0 Å². The van der Waals surface area contributed by atoms with E-state index in [1.54, 1.807) is 0 Å². The molecule has 0 aliphatic heterocycles. The van der Waals surface area contributed by atoms with E-state index >= 15 is 0 Å². The Bertz CT molecular complexity index is 3610. The standard InChI is InChI=1S/C40H4B20N2S2/c41-16-9(20(45)27(52)22(47)11(16)12-23(48)29(54)24(49)13-14-25(50)32(57)34(59)35(60)39(14)64-38(12)13)10-17(42)15(26(51)28(53)21(10)46)37-40-36(61-4-62-37)6-3-5(1-2-7(6)63-40)8-18(43)30(55)33(58)31(56)19(8)44/h1-4H. The number of aromatic nitrogens is 2. The second-order valence-electron chi connectivity index (χ2n) is 15.2. The summed E-state index contributed by atoms with van der Waals surface area (Å²) in [6.07, 6.45) is 1.36. The molecular formula is C40H4B20N2S2.